The van der Waals surface area contributed by atoms with Crippen LogP contribution < -0.4 is 0 Å². The third-order valence-corrected chi connectivity index (χ3v) is 7.64. The number of nitriles is 1. The van der Waals surface area contributed by atoms with Gasteiger partial charge in [-0.25, -0.2) is 8.42 Å². The third-order valence-electron chi connectivity index (χ3n) is 5.48. The van der Waals surface area contributed by atoms with Crippen LogP contribution in [-0.4, -0.2) is 46.8 Å². The molecule has 0 atom stereocenters. The Labute approximate surface area is 186 Å². The zero-order valence-corrected chi connectivity index (χ0v) is 18.7. The highest BCUT2D eigenvalue weighted by atomic mass is 35.5. The second kappa shape index (κ2) is 8.09. The van der Waals surface area contributed by atoms with Gasteiger partial charge in [0.15, 0.2) is 0 Å². The fourth-order valence-electron chi connectivity index (χ4n) is 3.73. The maximum absolute atomic E-state index is 12.5. The van der Waals surface area contributed by atoms with Crippen molar-refractivity contribution < 1.29 is 13.5 Å². The van der Waals surface area contributed by atoms with E-state index in [-0.39, 0.29) is 18.0 Å². The summed E-state index contributed by atoms with van der Waals surface area (Å²) >= 11 is 6.20. The van der Waals surface area contributed by atoms with Crippen molar-refractivity contribution in [1.29, 1.82) is 5.26 Å². The first-order valence-corrected chi connectivity index (χ1v) is 11.5. The summed E-state index contributed by atoms with van der Waals surface area (Å²) in [4.78, 5) is 0.212. The van der Waals surface area contributed by atoms with Gasteiger partial charge in [0.2, 0.25) is 10.0 Å². The lowest BCUT2D eigenvalue weighted by Gasteiger charge is -2.34. The minimum Gasteiger partial charge on any atom is -0.390 e. The second-order valence-electron chi connectivity index (χ2n) is 7.63. The van der Waals surface area contributed by atoms with Crippen LogP contribution in [0.2, 0.25) is 5.02 Å². The molecular weight excluding hydrogens is 436 g/mol. The minimum absolute atomic E-state index is 0.137. The van der Waals surface area contributed by atoms with Crippen molar-refractivity contribution in [3.8, 4) is 17.2 Å². The molecule has 3 aromatic rings. The molecular formula is C22H21ClN4O3S. The molecule has 9 heteroatoms. The monoisotopic (exact) mass is 456 g/mol. The van der Waals surface area contributed by atoms with Gasteiger partial charge in [0.25, 0.3) is 0 Å². The molecule has 2 heterocycles. The highest BCUT2D eigenvalue weighted by molar-refractivity contribution is 7.89. The number of hydrogen-bond donors (Lipinski definition) is 1. The largest absolute Gasteiger partial charge is 0.390 e. The average molecular weight is 457 g/mol. The molecule has 31 heavy (non-hydrogen) atoms. The lowest BCUT2D eigenvalue weighted by atomic mass is 10.0. The molecule has 1 N–H and O–H groups in total. The summed E-state index contributed by atoms with van der Waals surface area (Å²) in [5.41, 5.74) is 4.98. The number of aliphatic hydroxyl groups excluding tert-OH is 1. The molecule has 160 valence electrons. The average Bonchev–Trinajstić information content (AvgIpc) is 2.99. The molecule has 0 unspecified atom stereocenters. The van der Waals surface area contributed by atoms with Crippen molar-refractivity contribution in [2.24, 2.45) is 0 Å². The van der Waals surface area contributed by atoms with E-state index >= 15 is 0 Å². The molecule has 1 aliphatic rings. The Morgan fingerprint density at radius 2 is 1.87 bits per heavy atom. The van der Waals surface area contributed by atoms with E-state index in [4.69, 9.17) is 16.9 Å². The van der Waals surface area contributed by atoms with Crippen molar-refractivity contribution in [3.63, 3.8) is 0 Å². The molecule has 1 fully saturated rings. The number of β-amino-alcohol motifs (C(OH)–C–C–N with tert-alkyl or cyclic N) is 1. The Kier molecular flexibility index (Phi) is 5.62. The summed E-state index contributed by atoms with van der Waals surface area (Å²) in [5, 5.41) is 23.5. The van der Waals surface area contributed by atoms with Crippen molar-refractivity contribution >= 4 is 21.6 Å². The fraction of sp³-hybridized carbons (Fsp3) is 0.273. The van der Waals surface area contributed by atoms with E-state index in [1.165, 1.54) is 4.31 Å². The van der Waals surface area contributed by atoms with Gasteiger partial charge >= 0.3 is 0 Å². The quantitative estimate of drug-likeness (QED) is 0.636. The molecule has 1 aromatic heterocycles. The van der Waals surface area contributed by atoms with E-state index in [0.29, 0.717) is 17.1 Å². The van der Waals surface area contributed by atoms with E-state index in [1.54, 1.807) is 36.4 Å². The smallest absolute Gasteiger partial charge is 0.243 e. The Balaban J connectivity index is 1.57. The van der Waals surface area contributed by atoms with Crippen LogP contribution in [0.3, 0.4) is 0 Å². The van der Waals surface area contributed by atoms with E-state index in [1.807, 2.05) is 24.6 Å². The van der Waals surface area contributed by atoms with Crippen LogP contribution in [0.25, 0.3) is 11.1 Å². The number of hydrogen-bond acceptors (Lipinski definition) is 5. The molecule has 1 aliphatic heterocycles. The van der Waals surface area contributed by atoms with Gasteiger partial charge in [-0.3, -0.25) is 4.68 Å². The molecule has 7 nitrogen and oxygen atoms in total. The molecule has 0 spiro atoms. The van der Waals surface area contributed by atoms with Gasteiger partial charge < -0.3 is 5.11 Å². The topological polar surface area (TPSA) is 99.2 Å². The molecule has 2 aromatic carbocycles. The van der Waals surface area contributed by atoms with Crippen molar-refractivity contribution in [2.75, 3.05) is 13.1 Å². The Hall–Kier alpha value is -2.70. The van der Waals surface area contributed by atoms with Crippen molar-refractivity contribution in [1.82, 2.24) is 14.1 Å². The summed E-state index contributed by atoms with van der Waals surface area (Å²) in [6.45, 7) is 4.65. The number of halogens is 1. The molecule has 0 bridgehead atoms. The summed E-state index contributed by atoms with van der Waals surface area (Å²) < 4.78 is 28.2. The lowest BCUT2D eigenvalue weighted by molar-refractivity contribution is 0.0548. The summed E-state index contributed by atoms with van der Waals surface area (Å²) in [5.74, 6) is 0. The SMILES string of the molecule is Cc1nn(Cc2ccc(S(=O)(=O)N3CC(O)C3)cc2)c(C)c1-c1ccc(C#N)c(Cl)c1. The number of aromatic nitrogens is 2. The van der Waals surface area contributed by atoms with Crippen molar-refractivity contribution in [2.45, 2.75) is 31.4 Å². The van der Waals surface area contributed by atoms with Gasteiger partial charge in [0.05, 0.1) is 33.8 Å². The standard InChI is InChI=1S/C22H21ClN4O3S/c1-14-22(17-5-6-18(10-24)21(23)9-17)15(2)27(25-14)11-16-3-7-20(8-4-16)31(29,30)26-12-19(28)13-26/h3-9,19,28H,11-13H2,1-2H3. The molecule has 0 radical (unpaired) electrons. The normalized spacial score (nSPS) is 14.9. The van der Waals surface area contributed by atoms with E-state index < -0.39 is 16.1 Å². The lowest BCUT2D eigenvalue weighted by Crippen LogP contribution is -2.53. The van der Waals surface area contributed by atoms with E-state index in [0.717, 1.165) is 28.1 Å². The van der Waals surface area contributed by atoms with Crippen LogP contribution in [0.1, 0.15) is 22.5 Å². The van der Waals surface area contributed by atoms with Crippen LogP contribution >= 0.6 is 11.6 Å². The van der Waals surface area contributed by atoms with Crippen LogP contribution in [0.15, 0.2) is 47.4 Å². The maximum atomic E-state index is 12.5. The first kappa shape index (κ1) is 21.5. The number of benzene rings is 2. The number of sulfonamides is 1. The molecule has 1 saturated heterocycles. The van der Waals surface area contributed by atoms with E-state index in [2.05, 4.69) is 11.2 Å². The summed E-state index contributed by atoms with van der Waals surface area (Å²) in [6.07, 6.45) is -0.583. The maximum Gasteiger partial charge on any atom is 0.243 e. The summed E-state index contributed by atoms with van der Waals surface area (Å²) in [6, 6.07) is 14.1. The third kappa shape index (κ3) is 3.98. The second-order valence-corrected chi connectivity index (χ2v) is 9.97. The van der Waals surface area contributed by atoms with E-state index in [9.17, 15) is 13.5 Å². The fourth-order valence-corrected chi connectivity index (χ4v) is 5.47. The van der Waals surface area contributed by atoms with Crippen LogP contribution in [0.5, 0.6) is 0 Å². The predicted molar refractivity (Wildman–Crippen MR) is 117 cm³/mol. The van der Waals surface area contributed by atoms with Crippen LogP contribution in [-0.2, 0) is 16.6 Å². The highest BCUT2D eigenvalue weighted by Crippen LogP contribution is 2.31. The molecule has 4 rings (SSSR count). The first-order chi connectivity index (χ1) is 14.7. The van der Waals surface area contributed by atoms with Gasteiger partial charge in [-0.2, -0.15) is 14.7 Å². The van der Waals surface area contributed by atoms with Gasteiger partial charge in [0, 0.05) is 24.3 Å². The Morgan fingerprint density at radius 3 is 2.45 bits per heavy atom. The molecule has 0 amide bonds. The molecule has 0 aliphatic carbocycles. The van der Waals surface area contributed by atoms with Gasteiger partial charge in [-0.15, -0.1) is 0 Å². The predicted octanol–water partition coefficient (Wildman–Crippen LogP) is 3.11. The van der Waals surface area contributed by atoms with Gasteiger partial charge in [-0.1, -0.05) is 29.8 Å². The van der Waals surface area contributed by atoms with Crippen molar-refractivity contribution in [3.05, 3.63) is 70.0 Å². The highest BCUT2D eigenvalue weighted by Gasteiger charge is 2.35. The number of aliphatic hydroxyl groups is 1. The van der Waals surface area contributed by atoms with Crippen LogP contribution in [0.4, 0.5) is 0 Å². The Bertz CT molecular complexity index is 1290. The first-order valence-electron chi connectivity index (χ1n) is 9.72. The zero-order chi connectivity index (χ0) is 22.3. The van der Waals surface area contributed by atoms with Crippen LogP contribution in [0, 0.1) is 25.2 Å². The number of rotatable bonds is 5. The van der Waals surface area contributed by atoms with Gasteiger partial charge in [-0.05, 0) is 49.2 Å². The van der Waals surface area contributed by atoms with Gasteiger partial charge in [0.1, 0.15) is 6.07 Å². The summed E-state index contributed by atoms with van der Waals surface area (Å²) in [7, 11) is -3.57. The minimum atomic E-state index is -3.57. The number of aryl methyl sites for hydroxylation is 1. The Morgan fingerprint density at radius 1 is 1.19 bits per heavy atom. The zero-order valence-electron chi connectivity index (χ0n) is 17.1. The molecule has 0 saturated carbocycles. The number of nitrogens with zero attached hydrogens (tertiary/aromatic N) is 4.